The molecule has 1 N–H and O–H groups in total. The summed E-state index contributed by atoms with van der Waals surface area (Å²) in [6.07, 6.45) is -0.684. The Labute approximate surface area is 239 Å². The predicted molar refractivity (Wildman–Crippen MR) is 153 cm³/mol. The van der Waals surface area contributed by atoms with Gasteiger partial charge in [-0.3, -0.25) is 0 Å². The molecule has 0 unspecified atom stereocenters. The number of oxazole rings is 2. The molecule has 2 heterocycles. The van der Waals surface area contributed by atoms with Crippen molar-refractivity contribution in [3.05, 3.63) is 120 Å². The lowest BCUT2D eigenvalue weighted by atomic mass is 10.0. The van der Waals surface area contributed by atoms with E-state index in [1.165, 1.54) is 6.92 Å². The van der Waals surface area contributed by atoms with Gasteiger partial charge in [-0.25, -0.2) is 14.8 Å². The molecule has 6 rings (SSSR count). The van der Waals surface area contributed by atoms with Gasteiger partial charge in [-0.05, 0) is 66.6 Å². The minimum atomic E-state index is -1.17. The number of aromatic nitrogens is 2. The number of rotatable bonds is 11. The van der Waals surface area contributed by atoms with Crippen LogP contribution in [0.3, 0.4) is 0 Å². The Kier molecular flexibility index (Phi) is 7.50. The quantitative estimate of drug-likeness (QED) is 0.135. The lowest BCUT2D eigenvalue weighted by Gasteiger charge is -2.17. The van der Waals surface area contributed by atoms with Crippen molar-refractivity contribution in [1.29, 1.82) is 0 Å². The van der Waals surface area contributed by atoms with E-state index in [1.807, 2.05) is 72.8 Å². The minimum absolute atomic E-state index is 0.168. The predicted octanol–water partition coefficient (Wildman–Crippen LogP) is 6.69. The van der Waals surface area contributed by atoms with Gasteiger partial charge >= 0.3 is 5.97 Å². The highest BCUT2D eigenvalue weighted by molar-refractivity contribution is 6.34. The van der Waals surface area contributed by atoms with E-state index in [0.717, 1.165) is 22.2 Å². The molecule has 0 aliphatic heterocycles. The van der Waals surface area contributed by atoms with Crippen LogP contribution < -0.4 is 9.47 Å². The van der Waals surface area contributed by atoms with Crippen molar-refractivity contribution < 1.29 is 33.0 Å². The monoisotopic (exact) mass is 563 g/mol. The zero-order chi connectivity index (χ0) is 28.9. The van der Waals surface area contributed by atoms with E-state index in [9.17, 15) is 9.90 Å². The first kappa shape index (κ1) is 26.6. The van der Waals surface area contributed by atoms with Gasteiger partial charge in [0.2, 0.25) is 11.8 Å². The second-order valence-corrected chi connectivity index (χ2v) is 9.33. The molecule has 0 aliphatic rings. The zero-order valence-electron chi connectivity index (χ0n) is 22.5. The fourth-order valence-electron chi connectivity index (χ4n) is 4.22. The summed E-state index contributed by atoms with van der Waals surface area (Å²) in [6, 6.07) is 29.5. The molecule has 2 aromatic heterocycles. The molecule has 0 aliphatic carbocycles. The Morgan fingerprint density at radius 1 is 0.738 bits per heavy atom. The Morgan fingerprint density at radius 3 is 1.62 bits per heavy atom. The molecule has 6 aromatic rings. The molecule has 10 heteroatoms. The third-order valence-electron chi connectivity index (χ3n) is 6.37. The normalized spacial score (nSPS) is 11.7. The first-order valence-corrected chi connectivity index (χ1v) is 13.1. The van der Waals surface area contributed by atoms with E-state index in [4.69, 9.17) is 23.1 Å². The number of carbonyl (C=O) groups is 1. The van der Waals surface area contributed by atoms with Crippen LogP contribution in [0, 0.1) is 0 Å². The van der Waals surface area contributed by atoms with Crippen LogP contribution in [0.25, 0.3) is 22.2 Å². The average Bonchev–Trinajstić information content (AvgIpc) is 3.63. The van der Waals surface area contributed by atoms with E-state index in [-0.39, 0.29) is 18.9 Å². The molecule has 0 radical (unpaired) electrons. The number of carboxylic acid groups (broad SMARTS) is 1. The van der Waals surface area contributed by atoms with E-state index >= 15 is 0 Å². The molecule has 210 valence electrons. The summed E-state index contributed by atoms with van der Waals surface area (Å²) >= 11 is 0. The van der Waals surface area contributed by atoms with E-state index in [0.29, 0.717) is 34.4 Å². The summed E-state index contributed by atoms with van der Waals surface area (Å²) in [7, 11) is 0. The molecule has 0 fully saturated rings. The van der Waals surface area contributed by atoms with Crippen molar-refractivity contribution in [1.82, 2.24) is 9.97 Å². The Hall–Kier alpha value is -5.64. The molecule has 0 atom stereocenters. The molecule has 10 nitrogen and oxygen atoms in total. The molecule has 0 bridgehead atoms. The van der Waals surface area contributed by atoms with Crippen molar-refractivity contribution in [3.63, 3.8) is 0 Å². The fraction of sp³-hybridized carbons (Fsp3) is 0.125. The first-order valence-electron chi connectivity index (χ1n) is 13.1. The van der Waals surface area contributed by atoms with Crippen LogP contribution in [-0.4, -0.2) is 26.8 Å². The molecule has 4 aromatic carbocycles. The highest BCUT2D eigenvalue weighted by Gasteiger charge is 2.18. The van der Waals surface area contributed by atoms with Gasteiger partial charge in [0.15, 0.2) is 36.2 Å². The number of ether oxygens (including phenoxy) is 2. The molecular formula is C32H25N3O7. The lowest BCUT2D eigenvalue weighted by molar-refractivity contribution is -0.129. The number of hydrogen-bond acceptors (Lipinski definition) is 9. The summed E-state index contributed by atoms with van der Waals surface area (Å²) in [6.45, 7) is 1.70. The molecule has 0 spiro atoms. The number of benzene rings is 4. The van der Waals surface area contributed by atoms with Crippen LogP contribution in [0.4, 0.5) is 0 Å². The zero-order valence-corrected chi connectivity index (χ0v) is 22.5. The number of aliphatic carboxylic acids is 1. The van der Waals surface area contributed by atoms with Gasteiger partial charge in [0, 0.05) is 0 Å². The topological polar surface area (TPSA) is 129 Å². The minimum Gasteiger partial charge on any atom is -0.484 e. The molecule has 0 saturated heterocycles. The first-order chi connectivity index (χ1) is 20.5. The largest absolute Gasteiger partial charge is 0.484 e. The maximum absolute atomic E-state index is 11.3. The van der Waals surface area contributed by atoms with Crippen LogP contribution in [0.5, 0.6) is 11.5 Å². The van der Waals surface area contributed by atoms with Crippen LogP contribution in [0.2, 0.25) is 0 Å². The van der Waals surface area contributed by atoms with Gasteiger partial charge in [0.25, 0.3) is 0 Å². The van der Waals surface area contributed by atoms with E-state index < -0.39 is 12.1 Å². The van der Waals surface area contributed by atoms with Crippen LogP contribution in [0.15, 0.2) is 111 Å². The van der Waals surface area contributed by atoms with Crippen molar-refractivity contribution in [3.8, 4) is 11.5 Å². The maximum atomic E-state index is 11.3. The van der Waals surface area contributed by atoms with Crippen molar-refractivity contribution in [2.24, 2.45) is 5.16 Å². The number of fused-ring (bicyclic) bond motifs is 2. The van der Waals surface area contributed by atoms with E-state index in [1.54, 1.807) is 24.3 Å². The SMILES string of the molecule is C/C(=N\OC(c1ccc(OCc2nc3ccccc3o2)cc1)c1ccc(OCc2nc3ccccc3o2)cc1)C(=O)O. The summed E-state index contributed by atoms with van der Waals surface area (Å²) in [5, 5.41) is 13.1. The summed E-state index contributed by atoms with van der Waals surface area (Å²) < 4.78 is 23.1. The summed E-state index contributed by atoms with van der Waals surface area (Å²) in [5.74, 6) is 0.984. The Morgan fingerprint density at radius 2 is 1.19 bits per heavy atom. The third kappa shape index (κ3) is 6.07. The lowest BCUT2D eigenvalue weighted by Crippen LogP contribution is -2.11. The summed E-state index contributed by atoms with van der Waals surface area (Å²) in [4.78, 5) is 25.9. The van der Waals surface area contributed by atoms with Crippen LogP contribution in [-0.2, 0) is 22.8 Å². The van der Waals surface area contributed by atoms with Gasteiger partial charge in [-0.2, -0.15) is 0 Å². The summed E-state index contributed by atoms with van der Waals surface area (Å²) in [5.41, 5.74) is 4.25. The Bertz CT molecular complexity index is 1670. The molecule has 0 saturated carbocycles. The van der Waals surface area contributed by atoms with Gasteiger partial charge in [0.1, 0.15) is 22.5 Å². The standard InChI is InChI=1S/C32H25N3O7/c1-20(32(36)37)35-42-31(21-10-14-23(15-11-21)38-18-29-33-25-6-2-4-8-27(25)40-29)22-12-16-24(17-13-22)39-19-30-34-26-7-3-5-9-28(26)41-30/h2-17,31H,18-19H2,1H3,(H,36,37)/b35-20+. The number of hydrogen-bond donors (Lipinski definition) is 1. The fourth-order valence-corrected chi connectivity index (χ4v) is 4.22. The number of para-hydroxylation sites is 4. The number of oxime groups is 1. The van der Waals surface area contributed by atoms with Crippen molar-refractivity contribution in [2.45, 2.75) is 26.2 Å². The Balaban J connectivity index is 1.15. The number of nitrogens with zero attached hydrogens (tertiary/aromatic N) is 3. The molecule has 0 amide bonds. The van der Waals surface area contributed by atoms with Gasteiger partial charge in [-0.1, -0.05) is 53.7 Å². The second-order valence-electron chi connectivity index (χ2n) is 9.33. The van der Waals surface area contributed by atoms with Crippen molar-refractivity contribution in [2.75, 3.05) is 0 Å². The molecular weight excluding hydrogens is 538 g/mol. The van der Waals surface area contributed by atoms with Gasteiger partial charge in [0.05, 0.1) is 0 Å². The van der Waals surface area contributed by atoms with Crippen LogP contribution in [0.1, 0.15) is 35.9 Å². The van der Waals surface area contributed by atoms with E-state index in [2.05, 4.69) is 15.1 Å². The average molecular weight is 564 g/mol. The second kappa shape index (κ2) is 11.8. The van der Waals surface area contributed by atoms with Crippen LogP contribution >= 0.6 is 0 Å². The van der Waals surface area contributed by atoms with Gasteiger partial charge < -0.3 is 28.3 Å². The van der Waals surface area contributed by atoms with Crippen molar-refractivity contribution >= 4 is 33.9 Å². The molecule has 42 heavy (non-hydrogen) atoms. The number of carboxylic acids is 1. The maximum Gasteiger partial charge on any atom is 0.353 e. The highest BCUT2D eigenvalue weighted by atomic mass is 16.6. The third-order valence-corrected chi connectivity index (χ3v) is 6.37. The smallest absolute Gasteiger partial charge is 0.353 e. The van der Waals surface area contributed by atoms with Gasteiger partial charge in [-0.15, -0.1) is 0 Å². The highest BCUT2D eigenvalue weighted by Crippen LogP contribution is 2.30.